The summed E-state index contributed by atoms with van der Waals surface area (Å²) in [4.78, 5) is 28.3. The maximum absolute atomic E-state index is 15.3. The van der Waals surface area contributed by atoms with Crippen LogP contribution < -0.4 is 9.47 Å². The van der Waals surface area contributed by atoms with Gasteiger partial charge >= 0.3 is 36.6 Å². The van der Waals surface area contributed by atoms with Crippen LogP contribution in [0.4, 0.5) is 52.7 Å². The van der Waals surface area contributed by atoms with E-state index in [1.807, 2.05) is 6.07 Å². The summed E-state index contributed by atoms with van der Waals surface area (Å²) in [6, 6.07) is 15.8. The van der Waals surface area contributed by atoms with Crippen molar-refractivity contribution in [3.8, 4) is 11.5 Å². The summed E-state index contributed by atoms with van der Waals surface area (Å²) in [5.41, 5.74) is -5.66. The van der Waals surface area contributed by atoms with Gasteiger partial charge < -0.3 is 19.7 Å². The number of aliphatic carboxylic acids is 2. The lowest BCUT2D eigenvalue weighted by Gasteiger charge is -2.32. The minimum atomic E-state index is -5.16. The number of carboxylic acids is 2. The lowest BCUT2D eigenvalue weighted by molar-refractivity contribution is -0.145. The Hall–Kier alpha value is -5.50. The number of rotatable bonds is 20. The van der Waals surface area contributed by atoms with Gasteiger partial charge in [0.05, 0.1) is 47.3 Å². The van der Waals surface area contributed by atoms with Crippen molar-refractivity contribution in [1.29, 1.82) is 0 Å². The molecule has 0 aromatic heterocycles. The van der Waals surface area contributed by atoms with Crippen LogP contribution >= 0.6 is 0 Å². The number of halogens is 12. The Labute approximate surface area is 426 Å². The zero-order chi connectivity index (χ0) is 54.2. The van der Waals surface area contributed by atoms with Crippen LogP contribution in [0.3, 0.4) is 0 Å². The molecule has 8 nitrogen and oxygen atoms in total. The van der Waals surface area contributed by atoms with E-state index >= 15 is 13.2 Å². The Bertz CT molecular complexity index is 2650. The number of piperidine rings is 1. The highest BCUT2D eigenvalue weighted by atomic mass is 19.4. The van der Waals surface area contributed by atoms with E-state index in [2.05, 4.69) is 0 Å². The summed E-state index contributed by atoms with van der Waals surface area (Å²) in [6.45, 7) is 2.06. The van der Waals surface area contributed by atoms with E-state index < -0.39 is 106 Å². The highest BCUT2D eigenvalue weighted by molar-refractivity contribution is 5.73. The van der Waals surface area contributed by atoms with Gasteiger partial charge in [-0.3, -0.25) is 19.4 Å². The molecule has 2 aliphatic carbocycles. The molecule has 0 spiro atoms. The molecule has 4 fully saturated rings. The highest BCUT2D eigenvalue weighted by Gasteiger charge is 2.46. The van der Waals surface area contributed by atoms with E-state index in [1.54, 1.807) is 59.2 Å². The van der Waals surface area contributed by atoms with Gasteiger partial charge in [0.15, 0.2) is 0 Å². The van der Waals surface area contributed by atoms with Crippen LogP contribution in [0.5, 0.6) is 11.5 Å². The predicted molar refractivity (Wildman–Crippen MR) is 251 cm³/mol. The third-order valence-corrected chi connectivity index (χ3v) is 15.4. The summed E-state index contributed by atoms with van der Waals surface area (Å²) in [6.07, 6.45) is -16.6. The van der Waals surface area contributed by atoms with Crippen molar-refractivity contribution in [2.75, 3.05) is 39.4 Å². The highest BCUT2D eigenvalue weighted by Crippen LogP contribution is 2.51. The smallest absolute Gasteiger partial charge is 0.416 e. The number of hydrogen-bond acceptors (Lipinski definition) is 6. The molecule has 20 heteroatoms. The maximum atomic E-state index is 15.3. The van der Waals surface area contributed by atoms with Gasteiger partial charge in [0.2, 0.25) is 0 Å². The van der Waals surface area contributed by atoms with E-state index in [0.29, 0.717) is 73.7 Å². The zero-order valence-electron chi connectivity index (χ0n) is 40.9. The Balaban J connectivity index is 0.943. The van der Waals surface area contributed by atoms with E-state index in [9.17, 15) is 59.3 Å². The van der Waals surface area contributed by atoms with Crippen LogP contribution in [0, 0.1) is 35.5 Å². The zero-order valence-corrected chi connectivity index (χ0v) is 40.9. The molecule has 75 heavy (non-hydrogen) atoms. The summed E-state index contributed by atoms with van der Waals surface area (Å²) in [5, 5.41) is 20.4. The first-order valence-electron chi connectivity index (χ1n) is 25.2. The van der Waals surface area contributed by atoms with Crippen LogP contribution in [0.1, 0.15) is 114 Å². The number of carboxylic acid groups (broad SMARTS) is 2. The molecule has 4 aliphatic rings. The molecule has 4 aromatic carbocycles. The van der Waals surface area contributed by atoms with Crippen LogP contribution in [0.25, 0.3) is 0 Å². The number of carbonyl (C=O) groups is 2. The fraction of sp³-hybridized carbons (Fsp3) is 0.527. The second kappa shape index (κ2) is 22.2. The van der Waals surface area contributed by atoms with Crippen molar-refractivity contribution in [3.05, 3.63) is 129 Å². The Morgan fingerprint density at radius 1 is 0.560 bits per heavy atom. The van der Waals surface area contributed by atoms with Crippen molar-refractivity contribution in [3.63, 3.8) is 0 Å². The monoisotopic (exact) mass is 1070 g/mol. The second-order valence-electron chi connectivity index (χ2n) is 20.9. The first-order chi connectivity index (χ1) is 35.2. The molecule has 0 radical (unpaired) electrons. The summed E-state index contributed by atoms with van der Waals surface area (Å²) < 4.78 is 183. The molecule has 5 atom stereocenters. The summed E-state index contributed by atoms with van der Waals surface area (Å²) in [5.74, 6) is -5.30. The first kappa shape index (κ1) is 55.7. The number of hydrogen-bond donors (Lipinski definition) is 2. The molecule has 4 aromatic rings. The number of likely N-dealkylation sites (tertiary alicyclic amines) is 2. The number of ether oxygens (including phenoxy) is 2. The molecular formula is C55H58F12N2O6. The van der Waals surface area contributed by atoms with Crippen molar-refractivity contribution in [2.45, 2.75) is 108 Å². The molecule has 0 unspecified atom stereocenters. The standard InChI is InChI=1S/C55H58F12N2O6/c1-31(50(70)71)47(34-8-9-34)36-4-2-6-43(23-36)75-30-33-16-19-69(26-33)28-40-22-42(53(59,60)61)20-38(49(40)55(65,66)67)25-45(51(72)73)48(35-10-11-35)37-5-3-7-44(24-37)74-29-32-14-17-68(18-15-32)27-39-21-41(52(56,57)58)12-13-46(39)54(62,63)64/h2-7,12-13,20-24,31-35,45,47-48H,8-11,14-19,25-30H2,1H3,(H,70,71)(H,72,73)/t31-,33-,45-,47-,48-/m0/s1. The second-order valence-corrected chi connectivity index (χ2v) is 20.9. The molecule has 8 rings (SSSR count). The van der Waals surface area contributed by atoms with Crippen molar-refractivity contribution >= 4 is 11.9 Å². The summed E-state index contributed by atoms with van der Waals surface area (Å²) in [7, 11) is 0. The number of nitrogens with zero attached hydrogens (tertiary/aromatic N) is 2. The normalized spacial score (nSPS) is 20.1. The van der Waals surface area contributed by atoms with Gasteiger partial charge in [0, 0.05) is 31.5 Å². The van der Waals surface area contributed by atoms with Crippen molar-refractivity contribution < 1.29 is 82.0 Å². The maximum Gasteiger partial charge on any atom is 0.416 e. The van der Waals surface area contributed by atoms with E-state index in [4.69, 9.17) is 9.47 Å². The summed E-state index contributed by atoms with van der Waals surface area (Å²) >= 11 is 0. The average molecular weight is 1070 g/mol. The van der Waals surface area contributed by atoms with Gasteiger partial charge in [0.25, 0.3) is 0 Å². The SMILES string of the molecule is C[C@H](C(=O)O)[C@H](c1cccc(OC[C@H]2CCN(Cc3cc(C(F)(F)F)cc(C[C@H](C(=O)O)[C@H](c4cccc(OCC5CCN(Cc6cc(C(F)(F)F)ccc6C(F)(F)F)CC5)c4)C4CC4)c3C(F)(F)F)C2)c1)C1CC1. The molecule has 0 bridgehead atoms. The molecule has 2 saturated heterocycles. The van der Waals surface area contributed by atoms with Crippen molar-refractivity contribution in [2.24, 2.45) is 35.5 Å². The van der Waals surface area contributed by atoms with E-state index in [1.165, 1.54) is 0 Å². The van der Waals surface area contributed by atoms with Gasteiger partial charge in [-0.25, -0.2) is 0 Å². The largest absolute Gasteiger partial charge is 0.493 e. The van der Waals surface area contributed by atoms with E-state index in [-0.39, 0.29) is 81.3 Å². The third-order valence-electron chi connectivity index (χ3n) is 15.4. The molecule has 408 valence electrons. The molecule has 2 aliphatic heterocycles. The quantitative estimate of drug-likeness (QED) is 0.0845. The first-order valence-corrected chi connectivity index (χ1v) is 25.2. The molecule has 2 saturated carbocycles. The molecule has 2 heterocycles. The fourth-order valence-electron chi connectivity index (χ4n) is 11.3. The Morgan fingerprint density at radius 3 is 1.60 bits per heavy atom. The lowest BCUT2D eigenvalue weighted by Crippen LogP contribution is -2.35. The number of alkyl halides is 12. The lowest BCUT2D eigenvalue weighted by atomic mass is 9.77. The van der Waals surface area contributed by atoms with Gasteiger partial charge in [-0.2, -0.15) is 52.7 Å². The van der Waals surface area contributed by atoms with Gasteiger partial charge in [-0.15, -0.1) is 0 Å². The van der Waals surface area contributed by atoms with Gasteiger partial charge in [-0.1, -0.05) is 31.2 Å². The average Bonchev–Trinajstić information content (AvgIpc) is 4.28. The van der Waals surface area contributed by atoms with Crippen molar-refractivity contribution in [1.82, 2.24) is 9.80 Å². The Kier molecular flexibility index (Phi) is 16.5. The van der Waals surface area contributed by atoms with Crippen LogP contribution in [0.2, 0.25) is 0 Å². The predicted octanol–water partition coefficient (Wildman–Crippen LogP) is 13.6. The van der Waals surface area contributed by atoms with Gasteiger partial charge in [0.1, 0.15) is 11.5 Å². The Morgan fingerprint density at radius 2 is 1.07 bits per heavy atom. The molecular weight excluding hydrogens is 1010 g/mol. The van der Waals surface area contributed by atoms with Gasteiger partial charge in [-0.05, 0) is 177 Å². The van der Waals surface area contributed by atoms with Crippen LogP contribution in [-0.2, 0) is 53.8 Å². The van der Waals surface area contributed by atoms with Crippen LogP contribution in [0.15, 0.2) is 78.9 Å². The number of benzene rings is 4. The topological polar surface area (TPSA) is 99.5 Å². The van der Waals surface area contributed by atoms with E-state index in [0.717, 1.165) is 18.4 Å². The fourth-order valence-corrected chi connectivity index (χ4v) is 11.3. The minimum absolute atomic E-state index is 0.113. The minimum Gasteiger partial charge on any atom is -0.493 e. The van der Waals surface area contributed by atoms with Crippen LogP contribution in [-0.4, -0.2) is 71.3 Å². The molecule has 0 amide bonds. The third kappa shape index (κ3) is 14.1. The molecule has 2 N–H and O–H groups in total.